The van der Waals surface area contributed by atoms with E-state index >= 15 is 0 Å². The zero-order chi connectivity index (χ0) is 9.97. The van der Waals surface area contributed by atoms with E-state index in [9.17, 15) is 0 Å². The molecule has 0 unspecified atom stereocenters. The number of rotatable bonds is 2. The lowest BCUT2D eigenvalue weighted by Gasteiger charge is -1.94. The standard InChI is InChI=1S/C12H12BrN/c1-9(6-7-13)12-8-10-4-2-3-5-11(10)14-12/h2-6,8,14H,7H2,1H3. The van der Waals surface area contributed by atoms with Crippen LogP contribution in [0.2, 0.25) is 0 Å². The second-order valence-electron chi connectivity index (χ2n) is 3.31. The fourth-order valence-corrected chi connectivity index (χ4v) is 2.00. The molecular formula is C12H12BrN. The van der Waals surface area contributed by atoms with Crippen LogP contribution < -0.4 is 0 Å². The van der Waals surface area contributed by atoms with E-state index in [2.05, 4.69) is 58.2 Å². The molecule has 0 fully saturated rings. The predicted octanol–water partition coefficient (Wildman–Crippen LogP) is 3.97. The maximum absolute atomic E-state index is 3.40. The van der Waals surface area contributed by atoms with Crippen molar-refractivity contribution in [2.24, 2.45) is 0 Å². The number of allylic oxidation sites excluding steroid dienone is 2. The van der Waals surface area contributed by atoms with Gasteiger partial charge >= 0.3 is 0 Å². The van der Waals surface area contributed by atoms with E-state index < -0.39 is 0 Å². The highest BCUT2D eigenvalue weighted by Gasteiger charge is 2.00. The zero-order valence-corrected chi connectivity index (χ0v) is 9.64. The van der Waals surface area contributed by atoms with Gasteiger partial charge in [0, 0.05) is 16.5 Å². The Balaban J connectivity index is 2.50. The third kappa shape index (κ3) is 1.75. The molecule has 1 aromatic heterocycles. The van der Waals surface area contributed by atoms with Crippen LogP contribution in [0.25, 0.3) is 16.5 Å². The molecule has 1 nitrogen and oxygen atoms in total. The molecule has 1 N–H and O–H groups in total. The maximum Gasteiger partial charge on any atom is 0.0458 e. The molecule has 0 spiro atoms. The molecule has 2 aromatic rings. The summed E-state index contributed by atoms with van der Waals surface area (Å²) in [5.41, 5.74) is 3.67. The highest BCUT2D eigenvalue weighted by molar-refractivity contribution is 9.09. The Hall–Kier alpha value is -1.02. The van der Waals surface area contributed by atoms with Crippen LogP contribution in [0.5, 0.6) is 0 Å². The first-order valence-corrected chi connectivity index (χ1v) is 5.74. The molecule has 0 saturated carbocycles. The van der Waals surface area contributed by atoms with Crippen molar-refractivity contribution in [2.75, 3.05) is 5.33 Å². The van der Waals surface area contributed by atoms with E-state index in [1.54, 1.807) is 0 Å². The number of benzene rings is 1. The van der Waals surface area contributed by atoms with E-state index in [1.165, 1.54) is 22.2 Å². The summed E-state index contributed by atoms with van der Waals surface area (Å²) < 4.78 is 0. The largest absolute Gasteiger partial charge is 0.355 e. The Bertz CT molecular complexity index is 435. The highest BCUT2D eigenvalue weighted by Crippen LogP contribution is 2.20. The maximum atomic E-state index is 3.40. The van der Waals surface area contributed by atoms with Crippen molar-refractivity contribution in [2.45, 2.75) is 6.92 Å². The van der Waals surface area contributed by atoms with Crippen molar-refractivity contribution in [1.82, 2.24) is 4.98 Å². The summed E-state index contributed by atoms with van der Waals surface area (Å²) in [6, 6.07) is 10.5. The van der Waals surface area contributed by atoms with Crippen molar-refractivity contribution in [3.05, 3.63) is 42.1 Å². The molecule has 0 aliphatic rings. The summed E-state index contributed by atoms with van der Waals surface area (Å²) in [5, 5.41) is 2.17. The minimum atomic E-state index is 0.897. The smallest absolute Gasteiger partial charge is 0.0458 e. The quantitative estimate of drug-likeness (QED) is 0.776. The van der Waals surface area contributed by atoms with Gasteiger partial charge in [-0.2, -0.15) is 0 Å². The molecule has 0 saturated heterocycles. The number of hydrogen-bond acceptors (Lipinski definition) is 0. The van der Waals surface area contributed by atoms with Crippen molar-refractivity contribution < 1.29 is 0 Å². The molecule has 1 heterocycles. The third-order valence-corrected chi connectivity index (χ3v) is 2.66. The summed E-state index contributed by atoms with van der Waals surface area (Å²) in [6.45, 7) is 2.12. The van der Waals surface area contributed by atoms with Crippen LogP contribution >= 0.6 is 15.9 Å². The lowest BCUT2D eigenvalue weighted by Crippen LogP contribution is -1.78. The molecule has 0 bridgehead atoms. The van der Waals surface area contributed by atoms with E-state index in [0.29, 0.717) is 0 Å². The van der Waals surface area contributed by atoms with Gasteiger partial charge in [-0.05, 0) is 30.0 Å². The minimum Gasteiger partial charge on any atom is -0.355 e. The van der Waals surface area contributed by atoms with E-state index in [-0.39, 0.29) is 0 Å². The monoisotopic (exact) mass is 249 g/mol. The molecular weight excluding hydrogens is 238 g/mol. The molecule has 0 aliphatic heterocycles. The number of aromatic amines is 1. The van der Waals surface area contributed by atoms with E-state index in [4.69, 9.17) is 0 Å². The van der Waals surface area contributed by atoms with Crippen molar-refractivity contribution >= 4 is 32.4 Å². The Morgan fingerprint density at radius 1 is 1.43 bits per heavy atom. The van der Waals surface area contributed by atoms with Crippen molar-refractivity contribution in [3.63, 3.8) is 0 Å². The topological polar surface area (TPSA) is 15.8 Å². The summed E-state index contributed by atoms with van der Waals surface area (Å²) in [6.07, 6.45) is 2.16. The van der Waals surface area contributed by atoms with Crippen molar-refractivity contribution in [3.8, 4) is 0 Å². The molecule has 0 atom stereocenters. The summed E-state index contributed by atoms with van der Waals surface area (Å²) in [4.78, 5) is 3.39. The number of nitrogens with one attached hydrogen (secondary N) is 1. The minimum absolute atomic E-state index is 0.897. The highest BCUT2D eigenvalue weighted by atomic mass is 79.9. The van der Waals surface area contributed by atoms with Crippen LogP contribution in [-0.4, -0.2) is 10.3 Å². The molecule has 0 amide bonds. The number of halogens is 1. The number of fused-ring (bicyclic) bond motifs is 1. The van der Waals surface area contributed by atoms with E-state index in [0.717, 1.165) is 5.33 Å². The first-order valence-electron chi connectivity index (χ1n) is 4.62. The van der Waals surface area contributed by atoms with Crippen molar-refractivity contribution in [1.29, 1.82) is 0 Å². The molecule has 1 aromatic carbocycles. The van der Waals surface area contributed by atoms with Gasteiger partial charge in [0.25, 0.3) is 0 Å². The van der Waals surface area contributed by atoms with Gasteiger partial charge in [0.2, 0.25) is 0 Å². The summed E-state index contributed by atoms with van der Waals surface area (Å²) in [7, 11) is 0. The fraction of sp³-hybridized carbons (Fsp3) is 0.167. The van der Waals surface area contributed by atoms with Crippen LogP contribution in [-0.2, 0) is 0 Å². The van der Waals surface area contributed by atoms with Gasteiger partial charge in [-0.1, -0.05) is 40.2 Å². The number of hydrogen-bond donors (Lipinski definition) is 1. The molecule has 72 valence electrons. The predicted molar refractivity (Wildman–Crippen MR) is 65.7 cm³/mol. The Labute approximate surface area is 92.0 Å². The Kier molecular flexibility index (Phi) is 2.73. The van der Waals surface area contributed by atoms with Crippen LogP contribution in [0.3, 0.4) is 0 Å². The molecule has 0 aliphatic carbocycles. The Morgan fingerprint density at radius 2 is 2.21 bits per heavy atom. The second-order valence-corrected chi connectivity index (χ2v) is 3.96. The first kappa shape index (κ1) is 9.53. The normalized spacial score (nSPS) is 12.3. The van der Waals surface area contributed by atoms with Crippen LogP contribution in [0.1, 0.15) is 12.6 Å². The Morgan fingerprint density at radius 3 is 2.93 bits per heavy atom. The fourth-order valence-electron chi connectivity index (χ4n) is 1.51. The van der Waals surface area contributed by atoms with Gasteiger partial charge in [-0.3, -0.25) is 0 Å². The van der Waals surface area contributed by atoms with E-state index in [1.807, 2.05) is 6.07 Å². The van der Waals surface area contributed by atoms with Crippen LogP contribution in [0.15, 0.2) is 36.4 Å². The van der Waals surface area contributed by atoms with Crippen LogP contribution in [0, 0.1) is 0 Å². The molecule has 2 heteroatoms. The number of aromatic nitrogens is 1. The van der Waals surface area contributed by atoms with Crippen LogP contribution in [0.4, 0.5) is 0 Å². The van der Waals surface area contributed by atoms with Gasteiger partial charge in [-0.25, -0.2) is 0 Å². The summed E-state index contributed by atoms with van der Waals surface area (Å²) in [5.74, 6) is 0. The van der Waals surface area contributed by atoms with Gasteiger partial charge in [0.1, 0.15) is 0 Å². The number of alkyl halides is 1. The van der Waals surface area contributed by atoms with Gasteiger partial charge in [0.15, 0.2) is 0 Å². The molecule has 0 radical (unpaired) electrons. The average Bonchev–Trinajstić information content (AvgIpc) is 2.61. The number of para-hydroxylation sites is 1. The number of H-pyrrole nitrogens is 1. The SMILES string of the molecule is CC(=CCBr)c1cc2ccccc2[nH]1. The zero-order valence-electron chi connectivity index (χ0n) is 8.05. The van der Waals surface area contributed by atoms with Gasteiger partial charge in [0.05, 0.1) is 0 Å². The second kappa shape index (κ2) is 4.01. The van der Waals surface area contributed by atoms with Gasteiger partial charge < -0.3 is 4.98 Å². The first-order chi connectivity index (χ1) is 6.81. The molecule has 14 heavy (non-hydrogen) atoms. The van der Waals surface area contributed by atoms with Gasteiger partial charge in [-0.15, -0.1) is 0 Å². The molecule has 2 rings (SSSR count). The third-order valence-electron chi connectivity index (χ3n) is 2.34. The summed E-state index contributed by atoms with van der Waals surface area (Å²) >= 11 is 3.40. The lowest BCUT2D eigenvalue weighted by atomic mass is 10.2. The lowest BCUT2D eigenvalue weighted by molar-refractivity contribution is 1.38. The average molecular weight is 250 g/mol.